The van der Waals surface area contributed by atoms with E-state index in [0.717, 1.165) is 0 Å². The van der Waals surface area contributed by atoms with Crippen LogP contribution in [0.1, 0.15) is 18.9 Å². The molecule has 148 valence electrons. The maximum absolute atomic E-state index is 13.0. The van der Waals surface area contributed by atoms with Crippen molar-refractivity contribution in [2.24, 2.45) is 0 Å². The lowest BCUT2D eigenvalue weighted by Crippen LogP contribution is -2.43. The lowest BCUT2D eigenvalue weighted by Gasteiger charge is -2.22. The zero-order chi connectivity index (χ0) is 20.6. The van der Waals surface area contributed by atoms with Crippen LogP contribution in [-0.4, -0.2) is 29.9 Å². The smallest absolute Gasteiger partial charge is 0.264 e. The summed E-state index contributed by atoms with van der Waals surface area (Å²) in [6.07, 6.45) is -0.364. The van der Waals surface area contributed by atoms with Gasteiger partial charge < -0.3 is 14.7 Å². The molecule has 1 amide bonds. The first-order chi connectivity index (χ1) is 13.1. The van der Waals surface area contributed by atoms with Gasteiger partial charge in [-0.2, -0.15) is 0 Å². The summed E-state index contributed by atoms with van der Waals surface area (Å²) in [4.78, 5) is 25.9. The molecule has 9 heteroatoms. The monoisotopic (exact) mass is 461 g/mol. The van der Waals surface area contributed by atoms with Gasteiger partial charge in [-0.05, 0) is 31.2 Å². The minimum atomic E-state index is -1.99. The normalized spacial score (nSPS) is 18.4. The number of hydrogen-bond donors (Lipinski definition) is 1. The molecule has 1 aliphatic rings. The highest BCUT2D eigenvalue weighted by molar-refractivity contribution is 6.44. The van der Waals surface area contributed by atoms with Crippen LogP contribution in [-0.2, 0) is 15.2 Å². The Morgan fingerprint density at radius 1 is 1.14 bits per heavy atom. The standard InChI is InChI=1S/C19H15Cl4NO4/c1-10(25)9-19(27)12-3-4-13(21)16(23)17(12)24(18(19)26)6-7-28-15-5-2-11(20)8-14(15)22/h2-5,8,27H,6-7,9H2,1H3. The Morgan fingerprint density at radius 2 is 1.86 bits per heavy atom. The predicted molar refractivity (Wildman–Crippen MR) is 110 cm³/mol. The number of aliphatic hydroxyl groups is 1. The molecule has 0 spiro atoms. The van der Waals surface area contributed by atoms with Crippen molar-refractivity contribution in [2.75, 3.05) is 18.1 Å². The number of amides is 1. The van der Waals surface area contributed by atoms with Crippen LogP contribution in [0.5, 0.6) is 5.75 Å². The Labute approximate surface area is 181 Å². The van der Waals surface area contributed by atoms with Crippen molar-refractivity contribution in [1.82, 2.24) is 0 Å². The summed E-state index contributed by atoms with van der Waals surface area (Å²) < 4.78 is 5.63. The molecule has 1 unspecified atom stereocenters. The second-order valence-electron chi connectivity index (χ2n) is 6.38. The topological polar surface area (TPSA) is 66.8 Å². The first kappa shape index (κ1) is 21.2. The number of Topliss-reactive ketones (excluding diaryl/α,β-unsaturated/α-hetero) is 1. The molecule has 0 aromatic heterocycles. The zero-order valence-corrected chi connectivity index (χ0v) is 17.7. The highest BCUT2D eigenvalue weighted by Crippen LogP contribution is 2.48. The summed E-state index contributed by atoms with van der Waals surface area (Å²) in [5, 5.41) is 12.1. The second kappa shape index (κ2) is 8.09. The quantitative estimate of drug-likeness (QED) is 0.663. The Bertz CT molecular complexity index is 965. The lowest BCUT2D eigenvalue weighted by atomic mass is 9.90. The summed E-state index contributed by atoms with van der Waals surface area (Å²) >= 11 is 24.3. The molecule has 0 saturated carbocycles. The van der Waals surface area contributed by atoms with Crippen LogP contribution in [0.25, 0.3) is 0 Å². The molecule has 0 bridgehead atoms. The third kappa shape index (κ3) is 3.82. The number of carbonyl (C=O) groups excluding carboxylic acids is 2. The molecule has 0 saturated heterocycles. The van der Waals surface area contributed by atoms with Crippen LogP contribution in [0.3, 0.4) is 0 Å². The zero-order valence-electron chi connectivity index (χ0n) is 14.6. The van der Waals surface area contributed by atoms with Crippen molar-refractivity contribution in [2.45, 2.75) is 18.9 Å². The molecule has 1 N–H and O–H groups in total. The van der Waals surface area contributed by atoms with Crippen molar-refractivity contribution in [3.05, 3.63) is 56.0 Å². The van der Waals surface area contributed by atoms with Gasteiger partial charge in [-0.3, -0.25) is 9.59 Å². The van der Waals surface area contributed by atoms with E-state index < -0.39 is 11.5 Å². The molecule has 0 fully saturated rings. The van der Waals surface area contributed by atoms with Gasteiger partial charge in [-0.1, -0.05) is 52.5 Å². The van der Waals surface area contributed by atoms with E-state index in [1.54, 1.807) is 12.1 Å². The Kier molecular flexibility index (Phi) is 6.13. The number of halogens is 4. The van der Waals surface area contributed by atoms with E-state index >= 15 is 0 Å². The fourth-order valence-corrected chi connectivity index (χ4v) is 4.04. The largest absolute Gasteiger partial charge is 0.490 e. The van der Waals surface area contributed by atoms with Crippen molar-refractivity contribution in [1.29, 1.82) is 0 Å². The minimum Gasteiger partial charge on any atom is -0.490 e. The van der Waals surface area contributed by atoms with Gasteiger partial charge in [0, 0.05) is 17.0 Å². The van der Waals surface area contributed by atoms with Gasteiger partial charge in [0.2, 0.25) is 0 Å². The summed E-state index contributed by atoms with van der Waals surface area (Å²) in [6.45, 7) is 1.42. The molecule has 1 heterocycles. The van der Waals surface area contributed by atoms with E-state index in [1.165, 1.54) is 30.0 Å². The van der Waals surface area contributed by atoms with Crippen molar-refractivity contribution in [3.63, 3.8) is 0 Å². The van der Waals surface area contributed by atoms with Gasteiger partial charge in [-0.15, -0.1) is 0 Å². The average molecular weight is 463 g/mol. The fraction of sp³-hybridized carbons (Fsp3) is 0.263. The number of rotatable bonds is 6. The maximum atomic E-state index is 13.0. The lowest BCUT2D eigenvalue weighted by molar-refractivity contribution is -0.141. The molecule has 28 heavy (non-hydrogen) atoms. The predicted octanol–water partition coefficient (Wildman–Crippen LogP) is 4.89. The number of nitrogens with zero attached hydrogens (tertiary/aromatic N) is 1. The number of carbonyl (C=O) groups is 2. The third-order valence-electron chi connectivity index (χ3n) is 4.35. The van der Waals surface area contributed by atoms with Gasteiger partial charge in [0.05, 0.1) is 27.3 Å². The van der Waals surface area contributed by atoms with E-state index in [9.17, 15) is 14.7 Å². The number of benzene rings is 2. The summed E-state index contributed by atoms with van der Waals surface area (Å²) in [7, 11) is 0. The van der Waals surface area contributed by atoms with Crippen molar-refractivity contribution < 1.29 is 19.4 Å². The average Bonchev–Trinajstić information content (AvgIpc) is 2.81. The van der Waals surface area contributed by atoms with Crippen molar-refractivity contribution >= 4 is 63.8 Å². The van der Waals surface area contributed by atoms with Gasteiger partial charge in [-0.25, -0.2) is 0 Å². The van der Waals surface area contributed by atoms with Crippen LogP contribution < -0.4 is 9.64 Å². The molecule has 2 aromatic carbocycles. The van der Waals surface area contributed by atoms with Gasteiger partial charge in [0.15, 0.2) is 5.60 Å². The van der Waals surface area contributed by atoms with E-state index in [1.807, 2.05) is 0 Å². The number of hydrogen-bond acceptors (Lipinski definition) is 4. The van der Waals surface area contributed by atoms with Gasteiger partial charge in [0.1, 0.15) is 18.1 Å². The number of ether oxygens (including phenoxy) is 1. The van der Waals surface area contributed by atoms with Gasteiger partial charge >= 0.3 is 0 Å². The summed E-state index contributed by atoms with van der Waals surface area (Å²) in [6, 6.07) is 7.76. The number of fused-ring (bicyclic) bond motifs is 1. The van der Waals surface area contributed by atoms with Gasteiger partial charge in [0.25, 0.3) is 5.91 Å². The van der Waals surface area contributed by atoms with E-state index in [0.29, 0.717) is 15.8 Å². The molecule has 1 atom stereocenters. The van der Waals surface area contributed by atoms with Crippen LogP contribution in [0, 0.1) is 0 Å². The van der Waals surface area contributed by atoms with Crippen molar-refractivity contribution in [3.8, 4) is 5.75 Å². The summed E-state index contributed by atoms with van der Waals surface area (Å²) in [5.41, 5.74) is -1.48. The molecule has 3 rings (SSSR count). The first-order valence-electron chi connectivity index (χ1n) is 8.25. The molecule has 0 aliphatic carbocycles. The third-order valence-corrected chi connectivity index (χ3v) is 5.68. The second-order valence-corrected chi connectivity index (χ2v) is 8.01. The number of anilines is 1. The van der Waals surface area contributed by atoms with Crippen LogP contribution >= 0.6 is 46.4 Å². The molecular formula is C19H15Cl4NO4. The van der Waals surface area contributed by atoms with E-state index in [4.69, 9.17) is 51.1 Å². The first-order valence-corrected chi connectivity index (χ1v) is 9.76. The molecule has 1 aliphatic heterocycles. The SMILES string of the molecule is CC(=O)CC1(O)C(=O)N(CCOc2ccc(Cl)cc2Cl)c2c1ccc(Cl)c2Cl. The van der Waals surface area contributed by atoms with E-state index in [-0.39, 0.29) is 46.7 Å². The Balaban J connectivity index is 1.88. The molecule has 5 nitrogen and oxygen atoms in total. The summed E-state index contributed by atoms with van der Waals surface area (Å²) in [5.74, 6) is -0.597. The Morgan fingerprint density at radius 3 is 2.50 bits per heavy atom. The number of ketones is 1. The van der Waals surface area contributed by atoms with E-state index in [2.05, 4.69) is 0 Å². The maximum Gasteiger partial charge on any atom is 0.264 e. The minimum absolute atomic E-state index is 0.0606. The van der Waals surface area contributed by atoms with Crippen LogP contribution in [0.15, 0.2) is 30.3 Å². The highest BCUT2D eigenvalue weighted by Gasteiger charge is 2.51. The molecule has 2 aromatic rings. The van der Waals surface area contributed by atoms with Crippen LogP contribution in [0.2, 0.25) is 20.1 Å². The highest BCUT2D eigenvalue weighted by atomic mass is 35.5. The fourth-order valence-electron chi connectivity index (χ4n) is 3.16. The van der Waals surface area contributed by atoms with Crippen LogP contribution in [0.4, 0.5) is 5.69 Å². The molecular weight excluding hydrogens is 448 g/mol. The Hall–Kier alpha value is -1.50. The molecule has 0 radical (unpaired) electrons.